The SMILES string of the molecule is Cc1nonc1C(=O)NCC(C)CCO. The van der Waals surface area contributed by atoms with Gasteiger partial charge in [-0.15, -0.1) is 0 Å². The van der Waals surface area contributed by atoms with Gasteiger partial charge in [0.15, 0.2) is 5.69 Å². The van der Waals surface area contributed by atoms with Crippen molar-refractivity contribution in [3.8, 4) is 0 Å². The zero-order chi connectivity index (χ0) is 11.3. The minimum Gasteiger partial charge on any atom is -0.396 e. The van der Waals surface area contributed by atoms with E-state index >= 15 is 0 Å². The summed E-state index contributed by atoms with van der Waals surface area (Å²) in [7, 11) is 0. The number of nitrogens with one attached hydrogen (secondary N) is 1. The molecule has 1 rings (SSSR count). The maximum absolute atomic E-state index is 11.5. The van der Waals surface area contributed by atoms with Crippen LogP contribution in [0.2, 0.25) is 0 Å². The second-order valence-electron chi connectivity index (χ2n) is 3.53. The van der Waals surface area contributed by atoms with E-state index in [-0.39, 0.29) is 24.1 Å². The summed E-state index contributed by atoms with van der Waals surface area (Å²) < 4.78 is 4.42. The summed E-state index contributed by atoms with van der Waals surface area (Å²) in [6, 6.07) is 0. The highest BCUT2D eigenvalue weighted by Gasteiger charge is 2.15. The van der Waals surface area contributed by atoms with Crippen molar-refractivity contribution in [3.63, 3.8) is 0 Å². The van der Waals surface area contributed by atoms with Gasteiger partial charge in [-0.2, -0.15) is 0 Å². The van der Waals surface area contributed by atoms with E-state index in [1.807, 2.05) is 6.92 Å². The fraction of sp³-hybridized carbons (Fsp3) is 0.667. The molecule has 1 heterocycles. The summed E-state index contributed by atoms with van der Waals surface area (Å²) >= 11 is 0. The van der Waals surface area contributed by atoms with Gasteiger partial charge in [0.2, 0.25) is 0 Å². The van der Waals surface area contributed by atoms with Crippen LogP contribution in [-0.2, 0) is 0 Å². The van der Waals surface area contributed by atoms with Gasteiger partial charge in [-0.3, -0.25) is 4.79 Å². The lowest BCUT2D eigenvalue weighted by Gasteiger charge is -2.09. The number of hydrogen-bond donors (Lipinski definition) is 2. The smallest absolute Gasteiger partial charge is 0.275 e. The molecule has 84 valence electrons. The van der Waals surface area contributed by atoms with Crippen LogP contribution >= 0.6 is 0 Å². The Labute approximate surface area is 87.6 Å². The summed E-state index contributed by atoms with van der Waals surface area (Å²) in [4.78, 5) is 11.5. The Balaban J connectivity index is 2.40. The van der Waals surface area contributed by atoms with Gasteiger partial charge in [-0.25, -0.2) is 4.63 Å². The minimum atomic E-state index is -0.293. The lowest BCUT2D eigenvalue weighted by Crippen LogP contribution is -2.29. The van der Waals surface area contributed by atoms with Gasteiger partial charge in [0.05, 0.1) is 0 Å². The number of rotatable bonds is 5. The van der Waals surface area contributed by atoms with Gasteiger partial charge in [-0.05, 0) is 24.4 Å². The van der Waals surface area contributed by atoms with E-state index in [1.54, 1.807) is 6.92 Å². The quantitative estimate of drug-likeness (QED) is 0.725. The van der Waals surface area contributed by atoms with Crippen molar-refractivity contribution < 1.29 is 14.5 Å². The second-order valence-corrected chi connectivity index (χ2v) is 3.53. The average molecular weight is 213 g/mol. The molecule has 0 bridgehead atoms. The Kier molecular flexibility index (Phi) is 4.23. The van der Waals surface area contributed by atoms with Crippen LogP contribution in [0.4, 0.5) is 0 Å². The predicted octanol–water partition coefficient (Wildman–Crippen LogP) is 0.126. The topological polar surface area (TPSA) is 88.2 Å². The number of aliphatic hydroxyl groups is 1. The number of carbonyl (C=O) groups is 1. The fourth-order valence-electron chi connectivity index (χ4n) is 1.11. The van der Waals surface area contributed by atoms with Crippen molar-refractivity contribution in [2.24, 2.45) is 5.92 Å². The molecule has 1 aromatic rings. The van der Waals surface area contributed by atoms with Gasteiger partial charge < -0.3 is 10.4 Å². The molecule has 6 heteroatoms. The van der Waals surface area contributed by atoms with Gasteiger partial charge >= 0.3 is 0 Å². The molecule has 6 nitrogen and oxygen atoms in total. The summed E-state index contributed by atoms with van der Waals surface area (Å²) in [6.07, 6.45) is 0.663. The average Bonchev–Trinajstić information content (AvgIpc) is 2.61. The van der Waals surface area contributed by atoms with Gasteiger partial charge in [0.25, 0.3) is 5.91 Å². The molecule has 0 spiro atoms. The van der Waals surface area contributed by atoms with Gasteiger partial charge in [0, 0.05) is 13.2 Å². The molecule has 0 saturated carbocycles. The highest BCUT2D eigenvalue weighted by molar-refractivity contribution is 5.92. The number of hydrogen-bond acceptors (Lipinski definition) is 5. The lowest BCUT2D eigenvalue weighted by atomic mass is 10.1. The monoisotopic (exact) mass is 213 g/mol. The Morgan fingerprint density at radius 3 is 2.87 bits per heavy atom. The third-order valence-electron chi connectivity index (χ3n) is 2.10. The van der Waals surface area contributed by atoms with E-state index in [4.69, 9.17) is 5.11 Å². The van der Waals surface area contributed by atoms with Crippen LogP contribution in [0.1, 0.15) is 29.5 Å². The van der Waals surface area contributed by atoms with E-state index in [1.165, 1.54) is 0 Å². The first-order valence-corrected chi connectivity index (χ1v) is 4.83. The van der Waals surface area contributed by atoms with Crippen molar-refractivity contribution in [1.29, 1.82) is 0 Å². The zero-order valence-electron chi connectivity index (χ0n) is 8.86. The molecule has 1 unspecified atom stereocenters. The number of aliphatic hydroxyl groups excluding tert-OH is 1. The van der Waals surface area contributed by atoms with Crippen LogP contribution in [0, 0.1) is 12.8 Å². The van der Waals surface area contributed by atoms with Crippen LogP contribution in [0.3, 0.4) is 0 Å². The molecule has 0 fully saturated rings. The molecule has 1 atom stereocenters. The Bertz CT molecular complexity index is 324. The summed E-state index contributed by atoms with van der Waals surface area (Å²) in [6.45, 7) is 4.24. The van der Waals surface area contributed by atoms with E-state index in [9.17, 15) is 4.79 Å². The summed E-state index contributed by atoms with van der Waals surface area (Å²) in [5.74, 6) is -0.0577. The molecule has 1 amide bonds. The number of aryl methyl sites for hydroxylation is 1. The Hall–Kier alpha value is -1.43. The second kappa shape index (κ2) is 5.45. The normalized spacial score (nSPS) is 12.5. The maximum atomic E-state index is 11.5. The Morgan fingerprint density at radius 1 is 1.60 bits per heavy atom. The van der Waals surface area contributed by atoms with Crippen molar-refractivity contribution in [1.82, 2.24) is 15.6 Å². The predicted molar refractivity (Wildman–Crippen MR) is 52.2 cm³/mol. The fourth-order valence-corrected chi connectivity index (χ4v) is 1.11. The number of aromatic nitrogens is 2. The third-order valence-corrected chi connectivity index (χ3v) is 2.10. The van der Waals surface area contributed by atoms with Crippen molar-refractivity contribution >= 4 is 5.91 Å². The highest BCUT2D eigenvalue weighted by atomic mass is 16.6. The Morgan fingerprint density at radius 2 is 2.33 bits per heavy atom. The van der Waals surface area contributed by atoms with Crippen molar-refractivity contribution in [2.45, 2.75) is 20.3 Å². The number of carbonyl (C=O) groups excluding carboxylic acids is 1. The van der Waals surface area contributed by atoms with Gasteiger partial charge in [-0.1, -0.05) is 12.1 Å². The molecule has 0 saturated heterocycles. The van der Waals surface area contributed by atoms with E-state index in [0.717, 1.165) is 0 Å². The molecular weight excluding hydrogens is 198 g/mol. The molecule has 2 N–H and O–H groups in total. The standard InChI is InChI=1S/C9H15N3O3/c1-6(3-4-13)5-10-9(14)8-7(2)11-15-12-8/h6,13H,3-5H2,1-2H3,(H,10,14). The van der Waals surface area contributed by atoms with Crippen LogP contribution in [0.15, 0.2) is 4.63 Å². The number of nitrogens with zero attached hydrogens (tertiary/aromatic N) is 2. The lowest BCUT2D eigenvalue weighted by molar-refractivity contribution is 0.0935. The summed E-state index contributed by atoms with van der Waals surface area (Å²) in [5.41, 5.74) is 0.688. The minimum absolute atomic E-state index is 0.127. The van der Waals surface area contributed by atoms with E-state index in [2.05, 4.69) is 20.3 Å². The molecule has 1 aromatic heterocycles. The van der Waals surface area contributed by atoms with E-state index in [0.29, 0.717) is 18.7 Å². The molecule has 15 heavy (non-hydrogen) atoms. The van der Waals surface area contributed by atoms with Crippen molar-refractivity contribution in [2.75, 3.05) is 13.2 Å². The van der Waals surface area contributed by atoms with Crippen LogP contribution < -0.4 is 5.32 Å². The molecule has 0 aromatic carbocycles. The van der Waals surface area contributed by atoms with Crippen molar-refractivity contribution in [3.05, 3.63) is 11.4 Å². The zero-order valence-corrected chi connectivity index (χ0v) is 8.86. The third kappa shape index (κ3) is 3.32. The maximum Gasteiger partial charge on any atom is 0.275 e. The number of amides is 1. The molecule has 0 aliphatic carbocycles. The molecule has 0 radical (unpaired) electrons. The molecule has 0 aliphatic heterocycles. The first-order chi connectivity index (χ1) is 7.15. The largest absolute Gasteiger partial charge is 0.396 e. The van der Waals surface area contributed by atoms with E-state index < -0.39 is 0 Å². The first kappa shape index (κ1) is 11.6. The molecular formula is C9H15N3O3. The van der Waals surface area contributed by atoms with Crippen LogP contribution in [-0.4, -0.2) is 34.5 Å². The molecule has 0 aliphatic rings. The van der Waals surface area contributed by atoms with Crippen LogP contribution in [0.5, 0.6) is 0 Å². The van der Waals surface area contributed by atoms with Gasteiger partial charge in [0.1, 0.15) is 5.69 Å². The highest BCUT2D eigenvalue weighted by Crippen LogP contribution is 2.02. The first-order valence-electron chi connectivity index (χ1n) is 4.83. The van der Waals surface area contributed by atoms with Crippen LogP contribution in [0.25, 0.3) is 0 Å². The summed E-state index contributed by atoms with van der Waals surface area (Å²) in [5, 5.41) is 18.4.